The van der Waals surface area contributed by atoms with Crippen molar-refractivity contribution in [2.24, 2.45) is 0 Å². The second-order valence-corrected chi connectivity index (χ2v) is 7.43. The molecule has 1 aromatic carbocycles. The lowest BCUT2D eigenvalue weighted by Gasteiger charge is -2.23. The Labute approximate surface area is 179 Å². The lowest BCUT2D eigenvalue weighted by Crippen LogP contribution is -2.29. The molecular formula is C24H22N2O5. The van der Waals surface area contributed by atoms with Crippen LogP contribution in [0.15, 0.2) is 64.8 Å². The summed E-state index contributed by atoms with van der Waals surface area (Å²) in [5, 5.41) is 11.2. The molecule has 7 heteroatoms. The highest BCUT2D eigenvalue weighted by Gasteiger charge is 2.47. The van der Waals surface area contributed by atoms with Crippen LogP contribution in [0.1, 0.15) is 34.3 Å². The van der Waals surface area contributed by atoms with Gasteiger partial charge >= 0.3 is 0 Å². The van der Waals surface area contributed by atoms with Crippen molar-refractivity contribution in [3.63, 3.8) is 0 Å². The van der Waals surface area contributed by atoms with Crippen LogP contribution in [0.4, 0.5) is 0 Å². The zero-order valence-electron chi connectivity index (χ0n) is 17.5. The Morgan fingerprint density at radius 2 is 1.87 bits per heavy atom. The van der Waals surface area contributed by atoms with Crippen molar-refractivity contribution < 1.29 is 23.8 Å². The molecule has 0 bridgehead atoms. The Balaban J connectivity index is 1.89. The van der Waals surface area contributed by atoms with E-state index >= 15 is 0 Å². The molecule has 158 valence electrons. The van der Waals surface area contributed by atoms with E-state index in [2.05, 4.69) is 4.98 Å². The molecule has 1 saturated heterocycles. The fourth-order valence-corrected chi connectivity index (χ4v) is 3.78. The van der Waals surface area contributed by atoms with Crippen LogP contribution in [-0.4, -0.2) is 33.8 Å². The van der Waals surface area contributed by atoms with Gasteiger partial charge in [0, 0.05) is 18.9 Å². The van der Waals surface area contributed by atoms with Gasteiger partial charge in [-0.15, -0.1) is 0 Å². The number of likely N-dealkylation sites (tertiary alicyclic amines) is 1. The average Bonchev–Trinajstić information content (AvgIpc) is 3.30. The summed E-state index contributed by atoms with van der Waals surface area (Å²) in [7, 11) is 1.48. The highest BCUT2D eigenvalue weighted by molar-refractivity contribution is 6.46. The normalized spacial score (nSPS) is 17.9. The number of aromatic nitrogens is 1. The maximum Gasteiger partial charge on any atom is 0.296 e. The van der Waals surface area contributed by atoms with Crippen molar-refractivity contribution >= 4 is 17.4 Å². The van der Waals surface area contributed by atoms with Gasteiger partial charge in [0.15, 0.2) is 0 Å². The highest BCUT2D eigenvalue weighted by atomic mass is 16.5. The summed E-state index contributed by atoms with van der Waals surface area (Å²) in [6.07, 6.45) is 3.24. The fraction of sp³-hybridized carbons (Fsp3) is 0.208. The summed E-state index contributed by atoms with van der Waals surface area (Å²) in [5.41, 5.74) is 1.99. The monoisotopic (exact) mass is 418 g/mol. The molecule has 2 aromatic heterocycles. The lowest BCUT2D eigenvalue weighted by atomic mass is 9.98. The first kappa shape index (κ1) is 20.4. The minimum Gasteiger partial charge on any atom is -0.507 e. The number of benzene rings is 1. The van der Waals surface area contributed by atoms with Gasteiger partial charge in [0.1, 0.15) is 29.1 Å². The Kier molecular flexibility index (Phi) is 5.33. The molecule has 1 fully saturated rings. The van der Waals surface area contributed by atoms with Gasteiger partial charge in [-0.1, -0.05) is 11.6 Å². The minimum atomic E-state index is -0.868. The topological polar surface area (TPSA) is 92.9 Å². The maximum absolute atomic E-state index is 13.1. The number of rotatable bonds is 5. The number of carbonyl (C=O) groups excluding carboxylic acids is 2. The van der Waals surface area contributed by atoms with E-state index in [9.17, 15) is 14.7 Å². The minimum absolute atomic E-state index is 0.0303. The second kappa shape index (κ2) is 8.10. The van der Waals surface area contributed by atoms with Gasteiger partial charge in [0.25, 0.3) is 11.7 Å². The van der Waals surface area contributed by atoms with E-state index in [0.29, 0.717) is 22.8 Å². The predicted octanol–water partition coefficient (Wildman–Crippen LogP) is 3.92. The zero-order chi connectivity index (χ0) is 22.1. The van der Waals surface area contributed by atoms with E-state index in [1.165, 1.54) is 12.0 Å². The number of aliphatic hydroxyl groups excluding tert-OH is 1. The molecule has 0 radical (unpaired) electrons. The van der Waals surface area contributed by atoms with Crippen molar-refractivity contribution in [2.45, 2.75) is 26.4 Å². The number of furan rings is 1. The van der Waals surface area contributed by atoms with E-state index in [0.717, 1.165) is 11.1 Å². The van der Waals surface area contributed by atoms with E-state index in [4.69, 9.17) is 9.15 Å². The number of ether oxygens (including phenoxy) is 1. The molecule has 1 aliphatic rings. The molecule has 0 spiro atoms. The Hall–Kier alpha value is -3.87. The number of hydrogen-bond acceptors (Lipinski definition) is 6. The van der Waals surface area contributed by atoms with E-state index in [-0.39, 0.29) is 17.9 Å². The van der Waals surface area contributed by atoms with Crippen LogP contribution in [0.5, 0.6) is 5.75 Å². The number of Topliss-reactive ketones (excluding diaryl/α,β-unsaturated/α-hetero) is 1. The SMILES string of the molecule is COc1ccc(C)cc1/C(O)=C1\C(=O)C(=O)N(Cc2ccncc2)C1c1ccc(C)o1. The number of carbonyl (C=O) groups is 2. The van der Waals surface area contributed by atoms with Crippen molar-refractivity contribution in [3.8, 4) is 5.75 Å². The summed E-state index contributed by atoms with van der Waals surface area (Å²) in [6.45, 7) is 3.81. The fourth-order valence-electron chi connectivity index (χ4n) is 3.78. The predicted molar refractivity (Wildman–Crippen MR) is 113 cm³/mol. The van der Waals surface area contributed by atoms with Crippen LogP contribution in [0.3, 0.4) is 0 Å². The van der Waals surface area contributed by atoms with E-state index in [1.807, 2.05) is 13.0 Å². The molecule has 0 aliphatic carbocycles. The van der Waals surface area contributed by atoms with Crippen molar-refractivity contribution in [1.82, 2.24) is 9.88 Å². The third kappa shape index (κ3) is 3.70. The van der Waals surface area contributed by atoms with Crippen LogP contribution in [-0.2, 0) is 16.1 Å². The molecule has 3 aromatic rings. The number of aliphatic hydroxyl groups is 1. The van der Waals surface area contributed by atoms with Gasteiger partial charge in [-0.05, 0) is 55.8 Å². The first-order chi connectivity index (χ1) is 14.9. The quantitative estimate of drug-likeness (QED) is 0.384. The average molecular weight is 418 g/mol. The third-order valence-corrected chi connectivity index (χ3v) is 5.28. The van der Waals surface area contributed by atoms with Gasteiger partial charge in [0.05, 0.1) is 18.2 Å². The highest BCUT2D eigenvalue weighted by Crippen LogP contribution is 2.42. The summed E-state index contributed by atoms with van der Waals surface area (Å²) in [5.74, 6) is -0.331. The van der Waals surface area contributed by atoms with E-state index in [1.54, 1.807) is 55.7 Å². The standard InChI is InChI=1S/C24H22N2O5/c1-14-4-6-18(30-3)17(12-14)22(27)20-21(19-7-5-15(2)31-19)26(24(29)23(20)28)13-16-8-10-25-11-9-16/h4-12,21,27H,13H2,1-3H3/b22-20+. The number of ketones is 1. The molecule has 31 heavy (non-hydrogen) atoms. The molecule has 1 atom stereocenters. The number of methoxy groups -OCH3 is 1. The number of pyridine rings is 1. The largest absolute Gasteiger partial charge is 0.507 e. The van der Waals surface area contributed by atoms with Gasteiger partial charge < -0.3 is 19.2 Å². The molecule has 1 amide bonds. The first-order valence-corrected chi connectivity index (χ1v) is 9.79. The van der Waals surface area contributed by atoms with Crippen molar-refractivity contribution in [1.29, 1.82) is 0 Å². The second-order valence-electron chi connectivity index (χ2n) is 7.43. The van der Waals surface area contributed by atoms with Crippen LogP contribution in [0.2, 0.25) is 0 Å². The summed E-state index contributed by atoms with van der Waals surface area (Å²) < 4.78 is 11.2. The molecule has 1 unspecified atom stereocenters. The zero-order valence-corrected chi connectivity index (χ0v) is 17.5. The third-order valence-electron chi connectivity index (χ3n) is 5.28. The molecule has 1 aliphatic heterocycles. The number of hydrogen-bond donors (Lipinski definition) is 1. The summed E-state index contributed by atoms with van der Waals surface area (Å²) in [6, 6.07) is 11.4. The Bertz CT molecular complexity index is 1180. The van der Waals surface area contributed by atoms with Crippen LogP contribution >= 0.6 is 0 Å². The van der Waals surface area contributed by atoms with Gasteiger partial charge in [-0.2, -0.15) is 0 Å². The molecule has 0 saturated carbocycles. The molecule has 1 N–H and O–H groups in total. The molecule has 4 rings (SSSR count). The van der Waals surface area contributed by atoms with Crippen LogP contribution in [0, 0.1) is 13.8 Å². The van der Waals surface area contributed by atoms with Crippen molar-refractivity contribution in [2.75, 3.05) is 7.11 Å². The van der Waals surface area contributed by atoms with Crippen LogP contribution in [0.25, 0.3) is 5.76 Å². The summed E-state index contributed by atoms with van der Waals surface area (Å²) >= 11 is 0. The Morgan fingerprint density at radius 1 is 1.13 bits per heavy atom. The number of aryl methyl sites for hydroxylation is 2. The van der Waals surface area contributed by atoms with Gasteiger partial charge in [-0.3, -0.25) is 14.6 Å². The lowest BCUT2D eigenvalue weighted by molar-refractivity contribution is -0.140. The number of nitrogens with zero attached hydrogens (tertiary/aromatic N) is 2. The van der Waals surface area contributed by atoms with Crippen molar-refractivity contribution in [3.05, 3.63) is 88.6 Å². The Morgan fingerprint density at radius 3 is 2.52 bits per heavy atom. The first-order valence-electron chi connectivity index (χ1n) is 9.79. The van der Waals surface area contributed by atoms with Crippen LogP contribution < -0.4 is 4.74 Å². The molecular weight excluding hydrogens is 396 g/mol. The van der Waals surface area contributed by atoms with E-state index < -0.39 is 17.7 Å². The molecule has 7 nitrogen and oxygen atoms in total. The smallest absolute Gasteiger partial charge is 0.296 e. The van der Waals surface area contributed by atoms with Gasteiger partial charge in [0.2, 0.25) is 0 Å². The summed E-state index contributed by atoms with van der Waals surface area (Å²) in [4.78, 5) is 31.5. The molecule has 3 heterocycles. The number of amides is 1. The van der Waals surface area contributed by atoms with Gasteiger partial charge in [-0.25, -0.2) is 0 Å². The maximum atomic E-state index is 13.1.